The monoisotopic (exact) mass is 494 g/mol. The van der Waals surface area contributed by atoms with Crippen molar-refractivity contribution in [3.8, 4) is 0 Å². The van der Waals surface area contributed by atoms with Gasteiger partial charge in [-0.15, -0.1) is 0 Å². The Morgan fingerprint density at radius 3 is 2.18 bits per heavy atom. The number of amides is 2. The van der Waals surface area contributed by atoms with Crippen molar-refractivity contribution in [1.82, 2.24) is 20.5 Å². The predicted octanol–water partition coefficient (Wildman–Crippen LogP) is -0.514. The van der Waals surface area contributed by atoms with Crippen LogP contribution in [0.4, 0.5) is 0 Å². The van der Waals surface area contributed by atoms with E-state index in [2.05, 4.69) is 28.4 Å². The summed E-state index contributed by atoms with van der Waals surface area (Å²) in [5.74, 6) is -6.02. The SMILES string of the molecule is COC(=O)C(=C(C)C)N1C(=O)[C@H](NC(=O)Cc2ccccc2)[C@@H]1C(CNNS)(C(=O)O)C(=O)O. The minimum Gasteiger partial charge on any atom is -0.480 e. The summed E-state index contributed by atoms with van der Waals surface area (Å²) >= 11 is 3.70. The van der Waals surface area contributed by atoms with Crippen molar-refractivity contribution < 1.29 is 38.9 Å². The van der Waals surface area contributed by atoms with Gasteiger partial charge in [0.05, 0.1) is 19.6 Å². The van der Waals surface area contributed by atoms with Crippen molar-refractivity contribution in [2.45, 2.75) is 32.4 Å². The number of ether oxygens (including phenoxy) is 1. The molecule has 184 valence electrons. The molecule has 0 aliphatic carbocycles. The third kappa shape index (κ3) is 5.05. The van der Waals surface area contributed by atoms with Gasteiger partial charge in [0.25, 0.3) is 5.91 Å². The van der Waals surface area contributed by atoms with Gasteiger partial charge in [0.1, 0.15) is 11.7 Å². The van der Waals surface area contributed by atoms with Crippen LogP contribution in [-0.4, -0.2) is 70.6 Å². The lowest BCUT2D eigenvalue weighted by molar-refractivity contribution is -0.182. The molecule has 2 amide bonds. The summed E-state index contributed by atoms with van der Waals surface area (Å²) in [4.78, 5) is 65.9. The third-order valence-corrected chi connectivity index (χ3v) is 5.59. The molecule has 13 heteroatoms. The van der Waals surface area contributed by atoms with Gasteiger partial charge in [-0.25, -0.2) is 15.1 Å². The smallest absolute Gasteiger partial charge is 0.354 e. The van der Waals surface area contributed by atoms with Crippen LogP contribution in [-0.2, 0) is 35.1 Å². The van der Waals surface area contributed by atoms with Crippen molar-refractivity contribution in [2.75, 3.05) is 13.7 Å². The number of likely N-dealkylation sites (tertiary alicyclic amines) is 1. The van der Waals surface area contributed by atoms with Gasteiger partial charge in [0.15, 0.2) is 0 Å². The van der Waals surface area contributed by atoms with E-state index in [-0.39, 0.29) is 17.7 Å². The van der Waals surface area contributed by atoms with E-state index in [1.54, 1.807) is 30.3 Å². The molecule has 2 rings (SSSR count). The normalized spacial score (nSPS) is 17.4. The third-order valence-electron chi connectivity index (χ3n) is 5.43. The fraction of sp³-hybridized carbons (Fsp3) is 0.381. The Labute approximate surface area is 200 Å². The first-order valence-electron chi connectivity index (χ1n) is 10.0. The molecule has 0 aromatic heterocycles. The average Bonchev–Trinajstić information content (AvgIpc) is 2.79. The van der Waals surface area contributed by atoms with Crippen LogP contribution in [0.3, 0.4) is 0 Å². The Morgan fingerprint density at radius 1 is 1.12 bits per heavy atom. The van der Waals surface area contributed by atoms with Gasteiger partial charge in [-0.3, -0.25) is 24.1 Å². The summed E-state index contributed by atoms with van der Waals surface area (Å²) < 4.78 is 4.72. The number of hydrogen-bond donors (Lipinski definition) is 6. The molecule has 0 radical (unpaired) electrons. The topological polar surface area (TPSA) is 174 Å². The quantitative estimate of drug-likeness (QED) is 0.0587. The average molecular weight is 495 g/mol. The van der Waals surface area contributed by atoms with E-state index < -0.39 is 53.8 Å². The zero-order valence-electron chi connectivity index (χ0n) is 18.7. The number of carbonyl (C=O) groups is 5. The number of nitrogens with one attached hydrogen (secondary N) is 3. The fourth-order valence-electron chi connectivity index (χ4n) is 3.81. The molecule has 1 heterocycles. The molecular weight excluding hydrogens is 468 g/mol. The highest BCUT2D eigenvalue weighted by atomic mass is 32.1. The number of carboxylic acids is 2. The maximum atomic E-state index is 13.1. The highest BCUT2D eigenvalue weighted by Gasteiger charge is 2.67. The number of allylic oxidation sites excluding steroid dienone is 1. The number of rotatable bonds is 11. The molecule has 34 heavy (non-hydrogen) atoms. The van der Waals surface area contributed by atoms with Crippen molar-refractivity contribution in [3.05, 3.63) is 47.2 Å². The molecule has 0 spiro atoms. The lowest BCUT2D eigenvalue weighted by atomic mass is 9.70. The Bertz CT molecular complexity index is 995. The van der Waals surface area contributed by atoms with Gasteiger partial charge in [-0.2, -0.15) is 0 Å². The Kier molecular flexibility index (Phi) is 8.79. The molecule has 1 aromatic carbocycles. The van der Waals surface area contributed by atoms with Crippen LogP contribution in [0.2, 0.25) is 0 Å². The number of methoxy groups -OCH3 is 1. The maximum Gasteiger partial charge on any atom is 0.354 e. The number of benzene rings is 1. The summed E-state index contributed by atoms with van der Waals surface area (Å²) in [6.07, 6.45) is -0.132. The zero-order valence-corrected chi connectivity index (χ0v) is 19.6. The molecule has 0 bridgehead atoms. The number of carboxylic acid groups (broad SMARTS) is 2. The van der Waals surface area contributed by atoms with Gasteiger partial charge in [-0.1, -0.05) is 43.1 Å². The summed E-state index contributed by atoms with van der Waals surface area (Å²) in [6, 6.07) is 5.35. The molecule has 1 fully saturated rings. The first-order valence-corrected chi connectivity index (χ1v) is 10.5. The van der Waals surface area contributed by atoms with Crippen molar-refractivity contribution in [1.29, 1.82) is 0 Å². The number of β-lactam (4-membered cyclic amide) rings is 1. The predicted molar refractivity (Wildman–Crippen MR) is 121 cm³/mol. The van der Waals surface area contributed by atoms with E-state index in [1.807, 2.05) is 0 Å². The first-order chi connectivity index (χ1) is 16.0. The lowest BCUT2D eigenvalue weighted by Gasteiger charge is -2.53. The molecule has 1 aliphatic rings. The highest BCUT2D eigenvalue weighted by Crippen LogP contribution is 2.40. The number of hydrogen-bond acceptors (Lipinski definition) is 9. The minimum absolute atomic E-state index is 0.132. The summed E-state index contributed by atoms with van der Waals surface area (Å²) in [7, 11) is 1.07. The van der Waals surface area contributed by atoms with Crippen LogP contribution in [0.25, 0.3) is 0 Å². The van der Waals surface area contributed by atoms with Crippen molar-refractivity contribution in [2.24, 2.45) is 5.41 Å². The van der Waals surface area contributed by atoms with Crippen molar-refractivity contribution >= 4 is 42.5 Å². The van der Waals surface area contributed by atoms with Gasteiger partial charge >= 0.3 is 17.9 Å². The standard InChI is InChI=1S/C21H26N4O8S/c1-11(2)15(18(28)33-3)25-16(21(19(29)30,20(31)32)10-22-24-34)14(17(25)27)23-13(26)9-12-7-5-4-6-8-12/h4-8,14,16,22,24,34H,9-10H2,1-3H3,(H,23,26)(H,29,30)(H,31,32)/t14-,16-/m1/s1. The van der Waals surface area contributed by atoms with E-state index in [4.69, 9.17) is 4.74 Å². The molecule has 5 N–H and O–H groups in total. The molecule has 1 aliphatic heterocycles. The molecule has 0 saturated carbocycles. The Hall–Kier alpha value is -3.42. The van der Waals surface area contributed by atoms with E-state index in [1.165, 1.54) is 13.8 Å². The second-order valence-corrected chi connectivity index (χ2v) is 7.97. The number of hydrazine groups is 1. The maximum absolute atomic E-state index is 13.1. The summed E-state index contributed by atoms with van der Waals surface area (Å²) in [5.41, 5.74) is 0.255. The Balaban J connectivity index is 2.56. The molecule has 12 nitrogen and oxygen atoms in total. The number of thiol groups is 1. The van der Waals surface area contributed by atoms with Crippen molar-refractivity contribution in [3.63, 3.8) is 0 Å². The number of carbonyl (C=O) groups excluding carboxylic acids is 3. The first kappa shape index (κ1) is 26.8. The van der Waals surface area contributed by atoms with Gasteiger partial charge in [0, 0.05) is 6.54 Å². The second-order valence-electron chi connectivity index (χ2n) is 7.75. The van der Waals surface area contributed by atoms with Gasteiger partial charge < -0.3 is 20.3 Å². The highest BCUT2D eigenvalue weighted by molar-refractivity contribution is 7.78. The molecule has 0 unspecified atom stereocenters. The summed E-state index contributed by atoms with van der Waals surface area (Å²) in [6.45, 7) is 2.22. The van der Waals surface area contributed by atoms with Crippen LogP contribution in [0.1, 0.15) is 19.4 Å². The lowest BCUT2D eigenvalue weighted by Crippen LogP contribution is -2.79. The van der Waals surface area contributed by atoms with Crippen LogP contribution >= 0.6 is 12.8 Å². The molecule has 1 aromatic rings. The van der Waals surface area contributed by atoms with E-state index in [0.29, 0.717) is 5.56 Å². The molecule has 1 saturated heterocycles. The van der Waals surface area contributed by atoms with E-state index in [0.717, 1.165) is 12.0 Å². The van der Waals surface area contributed by atoms with Gasteiger partial charge in [0.2, 0.25) is 11.3 Å². The number of esters is 1. The van der Waals surface area contributed by atoms with E-state index in [9.17, 15) is 34.2 Å². The fourth-order valence-corrected chi connectivity index (χ4v) is 3.89. The summed E-state index contributed by atoms with van der Waals surface area (Å²) in [5, 5.41) is 22.5. The molecule has 2 atom stereocenters. The second kappa shape index (κ2) is 11.1. The number of aliphatic carboxylic acids is 2. The molecular formula is C21H26N4O8S. The van der Waals surface area contributed by atoms with Gasteiger partial charge in [-0.05, 0) is 25.0 Å². The van der Waals surface area contributed by atoms with Crippen LogP contribution in [0, 0.1) is 5.41 Å². The largest absolute Gasteiger partial charge is 0.480 e. The zero-order chi connectivity index (χ0) is 25.6. The van der Waals surface area contributed by atoms with Crippen LogP contribution in [0.5, 0.6) is 0 Å². The minimum atomic E-state index is -2.68. The van der Waals surface area contributed by atoms with Crippen LogP contribution in [0.15, 0.2) is 41.6 Å². The van der Waals surface area contributed by atoms with Crippen LogP contribution < -0.4 is 15.6 Å². The number of nitrogens with zero attached hydrogens (tertiary/aromatic N) is 1. The van der Waals surface area contributed by atoms with E-state index >= 15 is 0 Å². The Morgan fingerprint density at radius 2 is 1.71 bits per heavy atom.